The summed E-state index contributed by atoms with van der Waals surface area (Å²) in [4.78, 5) is 14.7. The summed E-state index contributed by atoms with van der Waals surface area (Å²) < 4.78 is 0. The molecule has 2 aromatic rings. The highest BCUT2D eigenvalue weighted by atomic mass is 16.3. The number of nitrogens with zero attached hydrogens (tertiary/aromatic N) is 1. The Labute approximate surface area is 99.8 Å². The van der Waals surface area contributed by atoms with E-state index in [1.54, 1.807) is 18.3 Å². The highest BCUT2D eigenvalue weighted by Gasteiger charge is 2.02. The Morgan fingerprint density at radius 2 is 2.00 bits per heavy atom. The summed E-state index contributed by atoms with van der Waals surface area (Å²) in [5, 5.41) is 9.38. The molecule has 0 saturated heterocycles. The van der Waals surface area contributed by atoms with Crippen molar-refractivity contribution < 1.29 is 9.90 Å². The molecule has 0 aliphatic heterocycles. The van der Waals surface area contributed by atoms with Gasteiger partial charge in [0.2, 0.25) is 0 Å². The molecule has 3 nitrogen and oxygen atoms in total. The number of aromatic hydroxyl groups is 1. The van der Waals surface area contributed by atoms with Crippen LogP contribution in [0.3, 0.4) is 0 Å². The maximum Gasteiger partial charge on any atom is 0.153 e. The number of rotatable bonds is 4. The summed E-state index contributed by atoms with van der Waals surface area (Å²) in [6.45, 7) is 0. The highest BCUT2D eigenvalue weighted by Crippen LogP contribution is 2.17. The van der Waals surface area contributed by atoms with E-state index in [0.717, 1.165) is 24.0 Å². The van der Waals surface area contributed by atoms with Crippen molar-refractivity contribution in [3.8, 4) is 5.75 Å². The van der Waals surface area contributed by atoms with Gasteiger partial charge >= 0.3 is 0 Å². The molecule has 0 bridgehead atoms. The summed E-state index contributed by atoms with van der Waals surface area (Å²) in [5.74, 6) is 0.0325. The Hall–Kier alpha value is -2.16. The van der Waals surface area contributed by atoms with Gasteiger partial charge in [-0.1, -0.05) is 12.1 Å². The van der Waals surface area contributed by atoms with E-state index in [9.17, 15) is 9.90 Å². The van der Waals surface area contributed by atoms with Crippen molar-refractivity contribution >= 4 is 6.29 Å². The number of benzene rings is 1. The van der Waals surface area contributed by atoms with Gasteiger partial charge in [-0.2, -0.15) is 0 Å². The summed E-state index contributed by atoms with van der Waals surface area (Å²) in [6, 6.07) is 9.04. The lowest BCUT2D eigenvalue weighted by Gasteiger charge is -2.03. The number of hydrogen-bond donors (Lipinski definition) is 1. The third-order valence-electron chi connectivity index (χ3n) is 2.64. The topological polar surface area (TPSA) is 50.2 Å². The molecule has 0 saturated carbocycles. The fraction of sp³-hybridized carbons (Fsp3) is 0.143. The zero-order chi connectivity index (χ0) is 12.1. The number of phenolic OH excluding ortho intramolecular Hbond substituents is 1. The first-order valence-corrected chi connectivity index (χ1v) is 5.45. The summed E-state index contributed by atoms with van der Waals surface area (Å²) >= 11 is 0. The van der Waals surface area contributed by atoms with E-state index in [2.05, 4.69) is 4.98 Å². The fourth-order valence-corrected chi connectivity index (χ4v) is 1.69. The van der Waals surface area contributed by atoms with E-state index in [-0.39, 0.29) is 5.75 Å². The second kappa shape index (κ2) is 5.25. The quantitative estimate of drug-likeness (QED) is 0.816. The van der Waals surface area contributed by atoms with Gasteiger partial charge in [0.25, 0.3) is 0 Å². The molecule has 0 fully saturated rings. The Kier molecular flexibility index (Phi) is 3.50. The molecular weight excluding hydrogens is 214 g/mol. The van der Waals surface area contributed by atoms with Gasteiger partial charge in [-0.05, 0) is 42.2 Å². The Morgan fingerprint density at radius 1 is 1.18 bits per heavy atom. The standard InChI is InChI=1S/C14H13NO2/c16-10-13-8-11(5-6-14(13)17)3-4-12-2-1-7-15-9-12/h1-2,5-10,17H,3-4H2. The minimum atomic E-state index is 0.0325. The lowest BCUT2D eigenvalue weighted by Crippen LogP contribution is -1.93. The summed E-state index contributed by atoms with van der Waals surface area (Å²) in [7, 11) is 0. The Balaban J connectivity index is 2.07. The van der Waals surface area contributed by atoms with Crippen molar-refractivity contribution in [3.05, 3.63) is 59.4 Å². The molecule has 1 N–H and O–H groups in total. The van der Waals surface area contributed by atoms with Crippen molar-refractivity contribution in [1.29, 1.82) is 0 Å². The number of aromatic nitrogens is 1. The molecule has 0 aliphatic rings. The molecule has 1 heterocycles. The van der Waals surface area contributed by atoms with Gasteiger partial charge in [0.05, 0.1) is 5.56 Å². The molecule has 0 spiro atoms. The van der Waals surface area contributed by atoms with Gasteiger partial charge in [0.1, 0.15) is 5.75 Å². The molecule has 0 atom stereocenters. The third kappa shape index (κ3) is 2.91. The average molecular weight is 227 g/mol. The predicted molar refractivity (Wildman–Crippen MR) is 65.1 cm³/mol. The van der Waals surface area contributed by atoms with Gasteiger partial charge in [0, 0.05) is 12.4 Å². The second-order valence-electron chi connectivity index (χ2n) is 3.87. The molecule has 1 aromatic carbocycles. The Morgan fingerprint density at radius 3 is 2.71 bits per heavy atom. The van der Waals surface area contributed by atoms with Crippen molar-refractivity contribution in [2.45, 2.75) is 12.8 Å². The van der Waals surface area contributed by atoms with Crippen molar-refractivity contribution in [2.75, 3.05) is 0 Å². The molecule has 0 unspecified atom stereocenters. The molecule has 86 valence electrons. The molecule has 3 heteroatoms. The first kappa shape index (κ1) is 11.3. The normalized spacial score (nSPS) is 10.1. The number of aryl methyl sites for hydroxylation is 2. The second-order valence-corrected chi connectivity index (χ2v) is 3.87. The van der Waals surface area contributed by atoms with Crippen molar-refractivity contribution in [1.82, 2.24) is 4.98 Å². The lowest BCUT2D eigenvalue weighted by atomic mass is 10.0. The zero-order valence-corrected chi connectivity index (χ0v) is 9.34. The van der Waals surface area contributed by atoms with Gasteiger partial charge in [0.15, 0.2) is 6.29 Å². The van der Waals surface area contributed by atoms with Crippen LogP contribution in [-0.2, 0) is 12.8 Å². The molecule has 0 amide bonds. The minimum absolute atomic E-state index is 0.0325. The number of hydrogen-bond acceptors (Lipinski definition) is 3. The van der Waals surface area contributed by atoms with Crippen LogP contribution in [0.15, 0.2) is 42.7 Å². The SMILES string of the molecule is O=Cc1cc(CCc2cccnc2)ccc1O. The number of pyridine rings is 1. The minimum Gasteiger partial charge on any atom is -0.507 e. The van der Waals surface area contributed by atoms with E-state index in [1.807, 2.05) is 24.4 Å². The molecule has 1 aromatic heterocycles. The smallest absolute Gasteiger partial charge is 0.153 e. The van der Waals surface area contributed by atoms with Crippen molar-refractivity contribution in [2.24, 2.45) is 0 Å². The van der Waals surface area contributed by atoms with Crippen LogP contribution in [0.25, 0.3) is 0 Å². The predicted octanol–water partition coefficient (Wildman–Crippen LogP) is 2.38. The average Bonchev–Trinajstić information content (AvgIpc) is 2.39. The van der Waals surface area contributed by atoms with Gasteiger partial charge in [-0.15, -0.1) is 0 Å². The highest BCUT2D eigenvalue weighted by molar-refractivity contribution is 5.79. The summed E-state index contributed by atoms with van der Waals surface area (Å²) in [6.07, 6.45) is 5.95. The molecular formula is C14H13NO2. The van der Waals surface area contributed by atoms with E-state index < -0.39 is 0 Å². The molecule has 17 heavy (non-hydrogen) atoms. The van der Waals surface area contributed by atoms with Crippen LogP contribution >= 0.6 is 0 Å². The monoisotopic (exact) mass is 227 g/mol. The van der Waals surface area contributed by atoms with Crippen LogP contribution in [0.5, 0.6) is 5.75 Å². The van der Waals surface area contributed by atoms with Crippen LogP contribution in [-0.4, -0.2) is 16.4 Å². The largest absolute Gasteiger partial charge is 0.507 e. The first-order chi connectivity index (χ1) is 8.29. The maximum absolute atomic E-state index is 10.7. The van der Waals surface area contributed by atoms with Gasteiger partial charge < -0.3 is 5.11 Å². The van der Waals surface area contributed by atoms with Crippen molar-refractivity contribution in [3.63, 3.8) is 0 Å². The first-order valence-electron chi connectivity index (χ1n) is 5.45. The molecule has 2 rings (SSSR count). The molecule has 0 radical (unpaired) electrons. The van der Waals surface area contributed by atoms with E-state index in [4.69, 9.17) is 0 Å². The third-order valence-corrected chi connectivity index (χ3v) is 2.64. The number of carbonyl (C=O) groups is 1. The van der Waals surface area contributed by atoms with Crippen LogP contribution in [0, 0.1) is 0 Å². The number of carbonyl (C=O) groups excluding carboxylic acids is 1. The van der Waals surface area contributed by atoms with Crippen LogP contribution in [0.2, 0.25) is 0 Å². The zero-order valence-electron chi connectivity index (χ0n) is 9.34. The fourth-order valence-electron chi connectivity index (χ4n) is 1.69. The van der Waals surface area contributed by atoms with Gasteiger partial charge in [-0.25, -0.2) is 0 Å². The van der Waals surface area contributed by atoms with Crippen LogP contribution in [0.1, 0.15) is 21.5 Å². The molecule has 0 aliphatic carbocycles. The Bertz CT molecular complexity index is 509. The maximum atomic E-state index is 10.7. The van der Waals surface area contributed by atoms with Crippen LogP contribution in [0.4, 0.5) is 0 Å². The number of phenols is 1. The van der Waals surface area contributed by atoms with Crippen LogP contribution < -0.4 is 0 Å². The lowest BCUT2D eigenvalue weighted by molar-refractivity contribution is 0.112. The van der Waals surface area contributed by atoms with E-state index in [0.29, 0.717) is 11.8 Å². The van der Waals surface area contributed by atoms with Gasteiger partial charge in [-0.3, -0.25) is 9.78 Å². The van der Waals surface area contributed by atoms with E-state index >= 15 is 0 Å². The van der Waals surface area contributed by atoms with E-state index in [1.165, 1.54) is 0 Å². The number of aldehydes is 1. The summed E-state index contributed by atoms with van der Waals surface area (Å²) in [5.41, 5.74) is 2.54.